The van der Waals surface area contributed by atoms with Gasteiger partial charge in [-0.2, -0.15) is 0 Å². The van der Waals surface area contributed by atoms with E-state index in [2.05, 4.69) is 15.0 Å². The molecule has 5 heterocycles. The Bertz CT molecular complexity index is 1110. The van der Waals surface area contributed by atoms with Crippen LogP contribution in [0.15, 0.2) is 29.1 Å². The smallest absolute Gasteiger partial charge is 0.780 e. The normalized spacial score (nSPS) is 30.8. The van der Waals surface area contributed by atoms with Crippen molar-refractivity contribution in [3.63, 3.8) is 0 Å². The van der Waals surface area contributed by atoms with E-state index >= 15 is 0 Å². The number of aliphatic hydroxyl groups excluding tert-OH is 1. The van der Waals surface area contributed by atoms with Gasteiger partial charge in [-0.25, -0.2) is 15.0 Å². The third-order valence-electron chi connectivity index (χ3n) is 4.83. The molecule has 2 fully saturated rings. The van der Waals surface area contributed by atoms with Crippen LogP contribution in [-0.2, 0) is 25.6 Å². The molecule has 0 aliphatic carbocycles. The average Bonchev–Trinajstić information content (AvgIpc) is 3.38. The van der Waals surface area contributed by atoms with E-state index in [0.717, 1.165) is 0 Å². The van der Waals surface area contributed by atoms with Gasteiger partial charge in [-0.3, -0.25) is 4.57 Å². The summed E-state index contributed by atoms with van der Waals surface area (Å²) in [5.74, 6) is 1.46. The molecule has 0 bridgehead atoms. The Hall–Kier alpha value is -0.920. The van der Waals surface area contributed by atoms with Crippen molar-refractivity contribution in [2.24, 2.45) is 0 Å². The summed E-state index contributed by atoms with van der Waals surface area (Å²) in [6.07, 6.45) is -0.715. The standard InChI is InChI=1S/C16H18N5O6PS.Na/c1-20(2)14-10-15(18-7-17-14)21(13(19-10)8-4-3-5-24-8)16-11(22)12-9(26-16)6-25-28(23,29)27-12;/h3-5,7,9,11-12,16,22H,6H2,1-2H3,(H,23,29);/q;+1/p-1/t9-,11-,12-,16-,28?;/m1./s1. The molecule has 0 amide bonds. The predicted octanol–water partition coefficient (Wildman–Crippen LogP) is -2.59. The number of nitrogens with zero attached hydrogens (tertiary/aromatic N) is 5. The molecular formula is C16H17N5NaO6PS. The Labute approximate surface area is 198 Å². The molecular weight excluding hydrogens is 444 g/mol. The van der Waals surface area contributed by atoms with E-state index < -0.39 is 31.3 Å². The van der Waals surface area contributed by atoms with Crippen molar-refractivity contribution < 1.29 is 57.8 Å². The Kier molecular flexibility index (Phi) is 6.10. The summed E-state index contributed by atoms with van der Waals surface area (Å²) in [5, 5.41) is 10.9. The van der Waals surface area contributed by atoms with Crippen LogP contribution in [0.4, 0.5) is 5.82 Å². The maximum atomic E-state index is 12.0. The Morgan fingerprint density at radius 3 is 2.87 bits per heavy atom. The summed E-state index contributed by atoms with van der Waals surface area (Å²) in [6, 6.07) is 3.47. The molecule has 0 saturated carbocycles. The van der Waals surface area contributed by atoms with Crippen LogP contribution < -0.4 is 39.4 Å². The summed E-state index contributed by atoms with van der Waals surface area (Å²) in [5.41, 5.74) is 0.959. The fraction of sp³-hybridized carbons (Fsp3) is 0.438. The molecule has 2 saturated heterocycles. The zero-order valence-electron chi connectivity index (χ0n) is 16.4. The predicted molar refractivity (Wildman–Crippen MR) is 102 cm³/mol. The van der Waals surface area contributed by atoms with Crippen molar-refractivity contribution in [1.29, 1.82) is 0 Å². The Morgan fingerprint density at radius 1 is 1.37 bits per heavy atom. The number of rotatable bonds is 3. The molecule has 2 aliphatic rings. The summed E-state index contributed by atoms with van der Waals surface area (Å²) in [4.78, 5) is 27.2. The van der Waals surface area contributed by atoms with Gasteiger partial charge < -0.3 is 33.1 Å². The van der Waals surface area contributed by atoms with Crippen LogP contribution in [0.25, 0.3) is 22.7 Å². The molecule has 3 aromatic heterocycles. The fourth-order valence-electron chi connectivity index (χ4n) is 3.59. The van der Waals surface area contributed by atoms with Gasteiger partial charge in [-0.15, -0.1) is 0 Å². The number of aromatic nitrogens is 4. The number of aliphatic hydroxyl groups is 1. The largest absolute Gasteiger partial charge is 1.00 e. The van der Waals surface area contributed by atoms with Gasteiger partial charge in [0.05, 0.1) is 12.9 Å². The van der Waals surface area contributed by atoms with E-state index in [1.54, 1.807) is 16.7 Å². The molecule has 1 unspecified atom stereocenters. The zero-order chi connectivity index (χ0) is 20.3. The van der Waals surface area contributed by atoms with Gasteiger partial charge >= 0.3 is 29.6 Å². The number of imidazole rings is 1. The zero-order valence-corrected chi connectivity index (χ0v) is 20.1. The van der Waals surface area contributed by atoms with Gasteiger partial charge in [0.25, 0.3) is 0 Å². The van der Waals surface area contributed by atoms with Crippen molar-refractivity contribution in [3.05, 3.63) is 24.7 Å². The van der Waals surface area contributed by atoms with Crippen molar-refractivity contribution in [3.8, 4) is 11.6 Å². The molecule has 1 N–H and O–H groups in total. The van der Waals surface area contributed by atoms with E-state index in [4.69, 9.17) is 30.0 Å². The summed E-state index contributed by atoms with van der Waals surface area (Å²) >= 11 is 4.81. The van der Waals surface area contributed by atoms with Crippen LogP contribution in [0.3, 0.4) is 0 Å². The molecule has 14 heteroatoms. The summed E-state index contributed by atoms with van der Waals surface area (Å²) < 4.78 is 23.6. The maximum Gasteiger partial charge on any atom is 1.00 e. The molecule has 0 spiro atoms. The van der Waals surface area contributed by atoms with Crippen LogP contribution in [0.5, 0.6) is 0 Å². The van der Waals surface area contributed by atoms with Gasteiger partial charge in [-0.05, 0) is 12.1 Å². The van der Waals surface area contributed by atoms with Gasteiger partial charge in [0.1, 0.15) is 31.4 Å². The fourth-order valence-corrected chi connectivity index (χ4v) is 5.02. The minimum atomic E-state index is -3.66. The van der Waals surface area contributed by atoms with Gasteiger partial charge in [-0.1, -0.05) is 11.8 Å². The molecule has 30 heavy (non-hydrogen) atoms. The quantitative estimate of drug-likeness (QED) is 0.326. The minimum absolute atomic E-state index is 0. The number of furan rings is 1. The van der Waals surface area contributed by atoms with Crippen molar-refractivity contribution in [2.75, 3.05) is 25.6 Å². The second-order valence-corrected chi connectivity index (χ2v) is 9.62. The molecule has 0 aromatic carbocycles. The average molecular weight is 461 g/mol. The van der Waals surface area contributed by atoms with E-state index in [1.807, 2.05) is 19.0 Å². The number of hydrogen-bond acceptors (Lipinski definition) is 11. The second kappa shape index (κ2) is 8.21. The Balaban J connectivity index is 0.00000218. The molecule has 2 aliphatic heterocycles. The van der Waals surface area contributed by atoms with Gasteiger partial charge in [0.15, 0.2) is 34.8 Å². The molecule has 5 atom stereocenters. The third-order valence-corrected chi connectivity index (χ3v) is 6.38. The van der Waals surface area contributed by atoms with E-state index in [0.29, 0.717) is 28.6 Å². The summed E-state index contributed by atoms with van der Waals surface area (Å²) in [6.45, 7) is -3.70. The first-order chi connectivity index (χ1) is 13.9. The van der Waals surface area contributed by atoms with E-state index in [-0.39, 0.29) is 36.2 Å². The number of fused-ring (bicyclic) bond motifs is 2. The molecule has 5 rings (SSSR count). The number of anilines is 1. The third kappa shape index (κ3) is 3.65. The van der Waals surface area contributed by atoms with Gasteiger partial charge in [0, 0.05) is 14.1 Å². The van der Waals surface area contributed by atoms with E-state index in [1.165, 1.54) is 12.6 Å². The van der Waals surface area contributed by atoms with Gasteiger partial charge in [0.2, 0.25) is 0 Å². The SMILES string of the molecule is CN(C)c1ncnc2c1nc(-c1ccco1)n2[C@@H]1O[C@@H]2COP([O-])(=S)O[C@H]2[C@H]1O.[Na+]. The monoisotopic (exact) mass is 461 g/mol. The maximum absolute atomic E-state index is 12.0. The molecule has 3 aromatic rings. The molecule has 11 nitrogen and oxygen atoms in total. The number of ether oxygens (including phenoxy) is 1. The topological polar surface area (TPSA) is 131 Å². The van der Waals surface area contributed by atoms with Crippen molar-refractivity contribution in [2.45, 2.75) is 24.5 Å². The summed E-state index contributed by atoms with van der Waals surface area (Å²) in [7, 11) is 3.68. The van der Waals surface area contributed by atoms with Crippen LogP contribution >= 0.6 is 6.72 Å². The van der Waals surface area contributed by atoms with Crippen LogP contribution in [0.1, 0.15) is 6.23 Å². The first kappa shape index (κ1) is 22.3. The van der Waals surface area contributed by atoms with Crippen LogP contribution in [-0.4, -0.2) is 63.6 Å². The van der Waals surface area contributed by atoms with E-state index in [9.17, 15) is 10.00 Å². The first-order valence-electron chi connectivity index (χ1n) is 8.77. The second-order valence-electron chi connectivity index (χ2n) is 6.92. The minimum Gasteiger partial charge on any atom is -0.780 e. The van der Waals surface area contributed by atoms with Crippen LogP contribution in [0, 0.1) is 0 Å². The first-order valence-corrected chi connectivity index (χ1v) is 11.3. The number of hydrogen-bond donors (Lipinski definition) is 1. The molecule has 154 valence electrons. The van der Waals surface area contributed by atoms with Crippen molar-refractivity contribution >= 4 is 35.5 Å². The molecule has 0 radical (unpaired) electrons. The van der Waals surface area contributed by atoms with Crippen LogP contribution in [0.2, 0.25) is 0 Å². The van der Waals surface area contributed by atoms with Crippen molar-refractivity contribution in [1.82, 2.24) is 19.5 Å². The Morgan fingerprint density at radius 2 is 2.17 bits per heavy atom.